The first-order valence-corrected chi connectivity index (χ1v) is 4.54. The van der Waals surface area contributed by atoms with Gasteiger partial charge in [-0.05, 0) is 20.9 Å². The molecule has 0 aromatic carbocycles. The van der Waals surface area contributed by atoms with Crippen LogP contribution >= 0.6 is 0 Å². The Morgan fingerprint density at radius 2 is 1.77 bits per heavy atom. The zero-order chi connectivity index (χ0) is 10.2. The van der Waals surface area contributed by atoms with E-state index in [1.807, 2.05) is 20.9 Å². The molecule has 0 aliphatic carbocycles. The SMILES string of the molecule is C[C@@H]1CC(O)(C(=O)O)C[C@@H](C)N1C. The van der Waals surface area contributed by atoms with Crippen LogP contribution in [0.15, 0.2) is 0 Å². The van der Waals surface area contributed by atoms with Crippen LogP contribution in [-0.2, 0) is 4.79 Å². The molecule has 4 heteroatoms. The van der Waals surface area contributed by atoms with E-state index in [9.17, 15) is 9.90 Å². The third-order valence-electron chi connectivity index (χ3n) is 3.05. The molecule has 0 unspecified atom stereocenters. The molecular formula is C9H17NO3. The Hall–Kier alpha value is -0.610. The molecule has 0 aromatic rings. The summed E-state index contributed by atoms with van der Waals surface area (Å²) in [5.74, 6) is -1.10. The van der Waals surface area contributed by atoms with Crippen molar-refractivity contribution in [2.45, 2.75) is 44.4 Å². The van der Waals surface area contributed by atoms with Gasteiger partial charge in [-0.25, -0.2) is 4.79 Å². The van der Waals surface area contributed by atoms with Gasteiger partial charge < -0.3 is 15.1 Å². The van der Waals surface area contributed by atoms with Gasteiger partial charge in [0.15, 0.2) is 5.60 Å². The third kappa shape index (κ3) is 1.84. The molecule has 1 fully saturated rings. The number of carbonyl (C=O) groups is 1. The van der Waals surface area contributed by atoms with E-state index in [2.05, 4.69) is 4.90 Å². The summed E-state index contributed by atoms with van der Waals surface area (Å²) in [6, 6.07) is 0.231. The van der Waals surface area contributed by atoms with Crippen LogP contribution in [0.1, 0.15) is 26.7 Å². The molecule has 1 saturated heterocycles. The van der Waals surface area contributed by atoms with Crippen molar-refractivity contribution in [3.05, 3.63) is 0 Å². The summed E-state index contributed by atoms with van der Waals surface area (Å²) >= 11 is 0. The maximum atomic E-state index is 10.8. The molecule has 1 rings (SSSR count). The highest BCUT2D eigenvalue weighted by atomic mass is 16.4. The van der Waals surface area contributed by atoms with Crippen molar-refractivity contribution < 1.29 is 15.0 Å². The molecule has 0 bridgehead atoms. The number of carboxylic acids is 1. The molecule has 2 N–H and O–H groups in total. The van der Waals surface area contributed by atoms with Crippen molar-refractivity contribution in [2.75, 3.05) is 7.05 Å². The van der Waals surface area contributed by atoms with Gasteiger partial charge >= 0.3 is 5.97 Å². The molecule has 0 aromatic heterocycles. The van der Waals surface area contributed by atoms with E-state index < -0.39 is 11.6 Å². The van der Waals surface area contributed by atoms with E-state index >= 15 is 0 Å². The highest BCUT2D eigenvalue weighted by molar-refractivity contribution is 5.77. The van der Waals surface area contributed by atoms with Crippen molar-refractivity contribution in [1.82, 2.24) is 4.90 Å². The standard InChI is InChI=1S/C9H17NO3/c1-6-4-9(13,8(11)12)5-7(2)10(6)3/h6-7,13H,4-5H2,1-3H3,(H,11,12)/t6-,7-/m1/s1. The number of hydrogen-bond donors (Lipinski definition) is 2. The normalized spacial score (nSPS) is 41.8. The number of aliphatic carboxylic acids is 1. The molecule has 1 aliphatic rings. The molecule has 1 aliphatic heterocycles. The molecule has 2 atom stereocenters. The van der Waals surface area contributed by atoms with Crippen molar-refractivity contribution >= 4 is 5.97 Å². The van der Waals surface area contributed by atoms with Crippen molar-refractivity contribution in [2.24, 2.45) is 0 Å². The summed E-state index contributed by atoms with van der Waals surface area (Å²) in [6.07, 6.45) is 0.617. The lowest BCUT2D eigenvalue weighted by Crippen LogP contribution is -2.55. The first-order valence-electron chi connectivity index (χ1n) is 4.54. The van der Waals surface area contributed by atoms with Crippen LogP contribution in [0.4, 0.5) is 0 Å². The maximum absolute atomic E-state index is 10.8. The van der Waals surface area contributed by atoms with E-state index in [-0.39, 0.29) is 12.1 Å². The number of rotatable bonds is 1. The quantitative estimate of drug-likeness (QED) is 0.620. The monoisotopic (exact) mass is 187 g/mol. The lowest BCUT2D eigenvalue weighted by Gasteiger charge is -2.42. The highest BCUT2D eigenvalue weighted by Crippen LogP contribution is 2.30. The summed E-state index contributed by atoms with van der Waals surface area (Å²) < 4.78 is 0. The largest absolute Gasteiger partial charge is 0.479 e. The zero-order valence-electron chi connectivity index (χ0n) is 8.32. The Morgan fingerprint density at radius 3 is 2.08 bits per heavy atom. The predicted molar refractivity (Wildman–Crippen MR) is 48.5 cm³/mol. The van der Waals surface area contributed by atoms with E-state index in [0.717, 1.165) is 0 Å². The number of carboxylic acid groups (broad SMARTS) is 1. The lowest BCUT2D eigenvalue weighted by molar-refractivity contribution is -0.167. The first-order chi connectivity index (χ1) is 5.87. The Balaban J connectivity index is 2.79. The van der Waals surface area contributed by atoms with Gasteiger partial charge in [-0.15, -0.1) is 0 Å². The minimum Gasteiger partial charge on any atom is -0.479 e. The first kappa shape index (κ1) is 10.5. The second-order valence-electron chi connectivity index (χ2n) is 4.11. The average molecular weight is 187 g/mol. The van der Waals surface area contributed by atoms with E-state index in [4.69, 9.17) is 5.11 Å². The van der Waals surface area contributed by atoms with Gasteiger partial charge in [0, 0.05) is 24.9 Å². The minimum atomic E-state index is -1.52. The van der Waals surface area contributed by atoms with E-state index in [0.29, 0.717) is 12.8 Å². The zero-order valence-corrected chi connectivity index (χ0v) is 8.32. The Labute approximate surface area is 78.2 Å². The Kier molecular flexibility index (Phi) is 2.63. The number of hydrogen-bond acceptors (Lipinski definition) is 3. The summed E-state index contributed by atoms with van der Waals surface area (Å²) in [5, 5.41) is 18.6. The van der Waals surface area contributed by atoms with Crippen LogP contribution in [0.2, 0.25) is 0 Å². The Bertz CT molecular complexity index is 205. The molecule has 76 valence electrons. The number of piperidine rings is 1. The number of likely N-dealkylation sites (tertiary alicyclic amines) is 1. The smallest absolute Gasteiger partial charge is 0.335 e. The number of nitrogens with zero attached hydrogens (tertiary/aromatic N) is 1. The fourth-order valence-corrected chi connectivity index (χ4v) is 1.96. The van der Waals surface area contributed by atoms with Crippen LogP contribution in [0, 0.1) is 0 Å². The summed E-state index contributed by atoms with van der Waals surface area (Å²) in [4.78, 5) is 12.9. The molecule has 13 heavy (non-hydrogen) atoms. The topological polar surface area (TPSA) is 60.8 Å². The molecular weight excluding hydrogens is 170 g/mol. The third-order valence-corrected chi connectivity index (χ3v) is 3.05. The summed E-state index contributed by atoms with van der Waals surface area (Å²) in [6.45, 7) is 3.87. The second-order valence-corrected chi connectivity index (χ2v) is 4.11. The van der Waals surface area contributed by atoms with Gasteiger partial charge in [-0.2, -0.15) is 0 Å². The molecule has 1 heterocycles. The van der Waals surface area contributed by atoms with Crippen LogP contribution in [0.5, 0.6) is 0 Å². The molecule has 0 radical (unpaired) electrons. The van der Waals surface area contributed by atoms with Gasteiger partial charge in [0.1, 0.15) is 0 Å². The second kappa shape index (κ2) is 3.27. The van der Waals surface area contributed by atoms with Crippen molar-refractivity contribution in [1.29, 1.82) is 0 Å². The van der Waals surface area contributed by atoms with Crippen molar-refractivity contribution in [3.63, 3.8) is 0 Å². The minimum absolute atomic E-state index is 0.116. The molecule has 0 amide bonds. The molecule has 4 nitrogen and oxygen atoms in total. The van der Waals surface area contributed by atoms with E-state index in [1.54, 1.807) is 0 Å². The average Bonchev–Trinajstić information content (AvgIpc) is 2.00. The van der Waals surface area contributed by atoms with Crippen molar-refractivity contribution in [3.8, 4) is 0 Å². The van der Waals surface area contributed by atoms with Gasteiger partial charge in [0.05, 0.1) is 0 Å². The predicted octanol–water partition coefficient (Wildman–Crippen LogP) is 0.305. The van der Waals surface area contributed by atoms with E-state index in [1.165, 1.54) is 0 Å². The van der Waals surface area contributed by atoms with Gasteiger partial charge in [0.25, 0.3) is 0 Å². The summed E-state index contributed by atoms with van der Waals surface area (Å²) in [7, 11) is 1.96. The van der Waals surface area contributed by atoms with Crippen LogP contribution in [0.25, 0.3) is 0 Å². The van der Waals surface area contributed by atoms with Crippen LogP contribution in [0.3, 0.4) is 0 Å². The lowest BCUT2D eigenvalue weighted by atomic mass is 9.83. The maximum Gasteiger partial charge on any atom is 0.335 e. The van der Waals surface area contributed by atoms with Gasteiger partial charge in [-0.1, -0.05) is 0 Å². The summed E-state index contributed by atoms with van der Waals surface area (Å²) in [5.41, 5.74) is -1.52. The Morgan fingerprint density at radius 1 is 1.38 bits per heavy atom. The molecule has 0 spiro atoms. The van der Waals surface area contributed by atoms with Gasteiger partial charge in [0.2, 0.25) is 0 Å². The van der Waals surface area contributed by atoms with Gasteiger partial charge in [-0.3, -0.25) is 0 Å². The fourth-order valence-electron chi connectivity index (χ4n) is 1.96. The highest BCUT2D eigenvalue weighted by Gasteiger charge is 2.44. The van der Waals surface area contributed by atoms with Crippen LogP contribution in [-0.4, -0.2) is 45.8 Å². The molecule has 0 saturated carbocycles. The fraction of sp³-hybridized carbons (Fsp3) is 0.889. The number of aliphatic hydroxyl groups is 1. The van der Waals surface area contributed by atoms with Crippen LogP contribution < -0.4 is 0 Å².